The van der Waals surface area contributed by atoms with Crippen molar-refractivity contribution in [3.63, 3.8) is 0 Å². The van der Waals surface area contributed by atoms with Crippen molar-refractivity contribution in [2.45, 2.75) is 25.5 Å². The third-order valence-corrected chi connectivity index (χ3v) is 5.08. The van der Waals surface area contributed by atoms with Crippen LogP contribution in [0.25, 0.3) is 0 Å². The van der Waals surface area contributed by atoms with E-state index in [-0.39, 0.29) is 0 Å². The molecule has 0 heterocycles. The van der Waals surface area contributed by atoms with Gasteiger partial charge in [0.05, 0.1) is 0 Å². The molecular formula is C13H18S2. The number of aryl methyl sites for hydroxylation is 1. The first-order chi connectivity index (χ1) is 7.24. The van der Waals surface area contributed by atoms with Crippen LogP contribution in [0.15, 0.2) is 24.3 Å². The summed E-state index contributed by atoms with van der Waals surface area (Å²) in [5.41, 5.74) is 3.41. The molecule has 15 heavy (non-hydrogen) atoms. The van der Waals surface area contributed by atoms with E-state index >= 15 is 0 Å². The highest BCUT2D eigenvalue weighted by molar-refractivity contribution is 7.98. The zero-order valence-corrected chi connectivity index (χ0v) is 10.9. The van der Waals surface area contributed by atoms with Crippen LogP contribution in [-0.4, -0.2) is 11.5 Å². The first-order valence-corrected chi connectivity index (χ1v) is 7.27. The van der Waals surface area contributed by atoms with E-state index in [1.54, 1.807) is 0 Å². The fourth-order valence-electron chi connectivity index (χ4n) is 1.71. The SMILES string of the molecule is Cc1cccc(CSCC2(CS)CC2)c1. The molecule has 2 rings (SSSR count). The minimum atomic E-state index is 0.595. The molecule has 0 spiro atoms. The Kier molecular flexibility index (Phi) is 3.68. The predicted molar refractivity (Wildman–Crippen MR) is 72.9 cm³/mol. The van der Waals surface area contributed by atoms with E-state index in [0.29, 0.717) is 5.41 Å². The average molecular weight is 238 g/mol. The minimum Gasteiger partial charge on any atom is -0.179 e. The molecule has 0 aromatic heterocycles. The standard InChI is InChI=1S/C13H18S2/c1-11-3-2-4-12(7-11)8-15-10-13(9-14)5-6-13/h2-4,7,14H,5-6,8-10H2,1H3. The number of thiol groups is 1. The molecule has 0 amide bonds. The molecule has 0 N–H and O–H groups in total. The van der Waals surface area contributed by atoms with Gasteiger partial charge in [-0.1, -0.05) is 29.8 Å². The summed E-state index contributed by atoms with van der Waals surface area (Å²) >= 11 is 6.49. The Labute approximate surface area is 102 Å². The molecule has 1 aromatic rings. The van der Waals surface area contributed by atoms with E-state index in [1.165, 1.54) is 29.7 Å². The Bertz CT molecular complexity index is 329. The maximum absolute atomic E-state index is 4.43. The van der Waals surface area contributed by atoms with Crippen LogP contribution in [0.5, 0.6) is 0 Å². The quantitative estimate of drug-likeness (QED) is 0.758. The van der Waals surface area contributed by atoms with Crippen molar-refractivity contribution in [1.82, 2.24) is 0 Å². The zero-order chi connectivity index (χ0) is 10.7. The van der Waals surface area contributed by atoms with Crippen LogP contribution < -0.4 is 0 Å². The Hall–Kier alpha value is -0.0800. The molecule has 1 saturated carbocycles. The van der Waals surface area contributed by atoms with E-state index in [9.17, 15) is 0 Å². The molecule has 0 radical (unpaired) electrons. The van der Waals surface area contributed by atoms with Gasteiger partial charge in [-0.2, -0.15) is 24.4 Å². The van der Waals surface area contributed by atoms with Gasteiger partial charge in [0.1, 0.15) is 0 Å². The largest absolute Gasteiger partial charge is 0.179 e. The van der Waals surface area contributed by atoms with Gasteiger partial charge in [-0.25, -0.2) is 0 Å². The summed E-state index contributed by atoms with van der Waals surface area (Å²) in [5, 5.41) is 0. The zero-order valence-electron chi connectivity index (χ0n) is 9.20. The Morgan fingerprint density at radius 3 is 2.80 bits per heavy atom. The highest BCUT2D eigenvalue weighted by Gasteiger charge is 2.40. The molecule has 1 aromatic carbocycles. The molecule has 0 saturated heterocycles. The fraction of sp³-hybridized carbons (Fsp3) is 0.538. The normalized spacial score (nSPS) is 17.7. The minimum absolute atomic E-state index is 0.595. The van der Waals surface area contributed by atoms with Crippen molar-refractivity contribution in [2.75, 3.05) is 11.5 Å². The summed E-state index contributed by atoms with van der Waals surface area (Å²) in [6.45, 7) is 2.16. The Morgan fingerprint density at radius 2 is 2.20 bits per heavy atom. The summed E-state index contributed by atoms with van der Waals surface area (Å²) in [6.07, 6.45) is 2.77. The molecule has 1 fully saturated rings. The third kappa shape index (κ3) is 3.18. The summed E-state index contributed by atoms with van der Waals surface area (Å²) in [7, 11) is 0. The monoisotopic (exact) mass is 238 g/mol. The van der Waals surface area contributed by atoms with Gasteiger partial charge in [-0.05, 0) is 36.5 Å². The summed E-state index contributed by atoms with van der Waals surface area (Å²) in [6, 6.07) is 8.81. The second-order valence-corrected chi connectivity index (χ2v) is 5.94. The maximum Gasteiger partial charge on any atom is 0.0184 e. The van der Waals surface area contributed by atoms with Gasteiger partial charge in [0, 0.05) is 11.5 Å². The van der Waals surface area contributed by atoms with Crippen LogP contribution >= 0.6 is 24.4 Å². The van der Waals surface area contributed by atoms with Crippen LogP contribution in [0.3, 0.4) is 0 Å². The molecule has 0 nitrogen and oxygen atoms in total. The molecule has 82 valence electrons. The number of hydrogen-bond donors (Lipinski definition) is 1. The van der Waals surface area contributed by atoms with E-state index in [2.05, 4.69) is 55.6 Å². The van der Waals surface area contributed by atoms with Gasteiger partial charge in [0.2, 0.25) is 0 Å². The summed E-state index contributed by atoms with van der Waals surface area (Å²) in [5.74, 6) is 3.50. The lowest BCUT2D eigenvalue weighted by molar-refractivity contribution is 0.683. The third-order valence-electron chi connectivity index (χ3n) is 3.05. The van der Waals surface area contributed by atoms with Crippen molar-refractivity contribution in [3.05, 3.63) is 35.4 Å². The molecule has 2 heteroatoms. The predicted octanol–water partition coefficient (Wildman–Crippen LogP) is 3.94. The van der Waals surface area contributed by atoms with Gasteiger partial charge >= 0.3 is 0 Å². The van der Waals surface area contributed by atoms with Gasteiger partial charge in [0.25, 0.3) is 0 Å². The topological polar surface area (TPSA) is 0 Å². The highest BCUT2D eigenvalue weighted by Crippen LogP contribution is 2.49. The van der Waals surface area contributed by atoms with Crippen molar-refractivity contribution < 1.29 is 0 Å². The van der Waals surface area contributed by atoms with Crippen molar-refractivity contribution >= 4 is 24.4 Å². The second kappa shape index (κ2) is 4.84. The van der Waals surface area contributed by atoms with Crippen LogP contribution in [-0.2, 0) is 5.75 Å². The molecule has 1 aliphatic rings. The summed E-state index contributed by atoms with van der Waals surface area (Å²) in [4.78, 5) is 0. The number of thioether (sulfide) groups is 1. The highest BCUT2D eigenvalue weighted by atomic mass is 32.2. The maximum atomic E-state index is 4.43. The molecule has 0 atom stereocenters. The van der Waals surface area contributed by atoms with Crippen molar-refractivity contribution in [2.24, 2.45) is 5.41 Å². The van der Waals surface area contributed by atoms with Gasteiger partial charge < -0.3 is 0 Å². The van der Waals surface area contributed by atoms with Crippen LogP contribution in [0.2, 0.25) is 0 Å². The Balaban J connectivity index is 1.78. The molecular weight excluding hydrogens is 220 g/mol. The van der Waals surface area contributed by atoms with E-state index < -0.39 is 0 Å². The molecule has 1 aliphatic carbocycles. The van der Waals surface area contributed by atoms with Crippen LogP contribution in [0.4, 0.5) is 0 Å². The van der Waals surface area contributed by atoms with E-state index in [4.69, 9.17) is 0 Å². The summed E-state index contributed by atoms with van der Waals surface area (Å²) < 4.78 is 0. The molecule has 0 unspecified atom stereocenters. The smallest absolute Gasteiger partial charge is 0.0184 e. The average Bonchev–Trinajstić information content (AvgIpc) is 2.99. The Morgan fingerprint density at radius 1 is 1.40 bits per heavy atom. The fourth-order valence-corrected chi connectivity index (χ4v) is 3.63. The number of rotatable bonds is 5. The molecule has 0 bridgehead atoms. The lowest BCUT2D eigenvalue weighted by Gasteiger charge is -2.10. The second-order valence-electron chi connectivity index (χ2n) is 4.64. The van der Waals surface area contributed by atoms with Crippen LogP contribution in [0.1, 0.15) is 24.0 Å². The van der Waals surface area contributed by atoms with Crippen molar-refractivity contribution in [1.29, 1.82) is 0 Å². The van der Waals surface area contributed by atoms with E-state index in [0.717, 1.165) is 11.5 Å². The van der Waals surface area contributed by atoms with Gasteiger partial charge in [-0.15, -0.1) is 0 Å². The number of benzene rings is 1. The van der Waals surface area contributed by atoms with Crippen LogP contribution in [0, 0.1) is 12.3 Å². The van der Waals surface area contributed by atoms with E-state index in [1.807, 2.05) is 0 Å². The first kappa shape index (κ1) is 11.4. The lowest BCUT2D eigenvalue weighted by atomic mass is 10.2. The lowest BCUT2D eigenvalue weighted by Crippen LogP contribution is -2.05. The molecule has 0 aliphatic heterocycles. The number of hydrogen-bond acceptors (Lipinski definition) is 2. The van der Waals surface area contributed by atoms with Gasteiger partial charge in [0.15, 0.2) is 0 Å². The van der Waals surface area contributed by atoms with Crippen molar-refractivity contribution in [3.8, 4) is 0 Å². The van der Waals surface area contributed by atoms with Gasteiger partial charge in [-0.3, -0.25) is 0 Å². The first-order valence-electron chi connectivity index (χ1n) is 5.48.